The van der Waals surface area contributed by atoms with Gasteiger partial charge in [-0.2, -0.15) is 0 Å². The van der Waals surface area contributed by atoms with E-state index in [1.54, 1.807) is 13.0 Å². The maximum Gasteiger partial charge on any atom is 0.339 e. The van der Waals surface area contributed by atoms with Gasteiger partial charge in [0.25, 0.3) is 0 Å². The van der Waals surface area contributed by atoms with Gasteiger partial charge in [0.1, 0.15) is 11.3 Å². The third kappa shape index (κ3) is 3.64. The molecule has 0 amide bonds. The lowest BCUT2D eigenvalue weighted by molar-refractivity contribution is 0.194. The summed E-state index contributed by atoms with van der Waals surface area (Å²) in [6.07, 6.45) is 1.80. The van der Waals surface area contributed by atoms with E-state index in [9.17, 15) is 9.90 Å². The summed E-state index contributed by atoms with van der Waals surface area (Å²) in [5.41, 5.74) is 1.55. The first kappa shape index (κ1) is 15.6. The van der Waals surface area contributed by atoms with Crippen molar-refractivity contribution in [1.29, 1.82) is 0 Å². The number of unbranched alkanes of at least 4 members (excludes halogenated alkanes) is 1. The molecule has 0 bridgehead atoms. The summed E-state index contributed by atoms with van der Waals surface area (Å²) in [7, 11) is 0. The second-order valence-corrected chi connectivity index (χ2v) is 5.41. The van der Waals surface area contributed by atoms with Crippen LogP contribution in [0.3, 0.4) is 0 Å². The summed E-state index contributed by atoms with van der Waals surface area (Å²) in [6.45, 7) is 6.31. The van der Waals surface area contributed by atoms with Gasteiger partial charge in [0.15, 0.2) is 0 Å². The lowest BCUT2D eigenvalue weighted by Gasteiger charge is -2.11. The standard InChI is InChI=1S/C17H22O4/c1-4-5-8-20-13-6-7-14-12(3)15(9-11(2)18)17(19)21-16(14)10-13/h6-7,10-11,18H,4-5,8-9H2,1-3H3. The number of fused-ring (bicyclic) bond motifs is 1. The Balaban J connectivity index is 2.39. The summed E-state index contributed by atoms with van der Waals surface area (Å²) >= 11 is 0. The zero-order valence-corrected chi connectivity index (χ0v) is 12.8. The van der Waals surface area contributed by atoms with Crippen LogP contribution in [-0.4, -0.2) is 17.8 Å². The number of aliphatic hydroxyl groups is 1. The molecule has 1 aromatic carbocycles. The van der Waals surface area contributed by atoms with Crippen molar-refractivity contribution in [3.8, 4) is 5.75 Å². The van der Waals surface area contributed by atoms with Crippen molar-refractivity contribution < 1.29 is 14.3 Å². The van der Waals surface area contributed by atoms with Crippen molar-refractivity contribution in [3.63, 3.8) is 0 Å². The van der Waals surface area contributed by atoms with Crippen LogP contribution in [0, 0.1) is 6.92 Å². The molecule has 1 aromatic heterocycles. The second-order valence-electron chi connectivity index (χ2n) is 5.41. The van der Waals surface area contributed by atoms with E-state index in [-0.39, 0.29) is 5.63 Å². The SMILES string of the molecule is CCCCOc1ccc2c(C)c(CC(C)O)c(=O)oc2c1. The quantitative estimate of drug-likeness (QED) is 0.655. The molecule has 4 nitrogen and oxygen atoms in total. The van der Waals surface area contributed by atoms with Crippen LogP contribution < -0.4 is 10.4 Å². The molecule has 0 radical (unpaired) electrons. The maximum atomic E-state index is 12.0. The van der Waals surface area contributed by atoms with Crippen molar-refractivity contribution in [2.24, 2.45) is 0 Å². The molecule has 1 heterocycles. The van der Waals surface area contributed by atoms with Gasteiger partial charge in [0.05, 0.1) is 12.7 Å². The van der Waals surface area contributed by atoms with Gasteiger partial charge in [0, 0.05) is 23.4 Å². The van der Waals surface area contributed by atoms with E-state index < -0.39 is 6.10 Å². The van der Waals surface area contributed by atoms with E-state index in [2.05, 4.69) is 6.92 Å². The Bertz CT molecular complexity index is 670. The Hall–Kier alpha value is -1.81. The predicted octanol–water partition coefficient (Wildman–Crippen LogP) is 3.20. The third-order valence-corrected chi connectivity index (χ3v) is 3.52. The summed E-state index contributed by atoms with van der Waals surface area (Å²) in [6, 6.07) is 5.54. The second kappa shape index (κ2) is 6.76. The molecular weight excluding hydrogens is 268 g/mol. The maximum absolute atomic E-state index is 12.0. The fraction of sp³-hybridized carbons (Fsp3) is 0.471. The molecule has 0 saturated heterocycles. The monoisotopic (exact) mass is 290 g/mol. The van der Waals surface area contributed by atoms with Crippen LogP contribution in [0.1, 0.15) is 37.8 Å². The highest BCUT2D eigenvalue weighted by Gasteiger charge is 2.13. The van der Waals surface area contributed by atoms with E-state index in [0.717, 1.165) is 23.8 Å². The largest absolute Gasteiger partial charge is 0.493 e. The minimum Gasteiger partial charge on any atom is -0.493 e. The van der Waals surface area contributed by atoms with Crippen LogP contribution in [0.5, 0.6) is 5.75 Å². The van der Waals surface area contributed by atoms with Crippen molar-refractivity contribution in [2.45, 2.75) is 46.1 Å². The molecule has 2 aromatic rings. The Morgan fingerprint density at radius 1 is 1.38 bits per heavy atom. The van der Waals surface area contributed by atoms with Crippen molar-refractivity contribution in [2.75, 3.05) is 6.61 Å². The fourth-order valence-electron chi connectivity index (χ4n) is 2.33. The molecule has 21 heavy (non-hydrogen) atoms. The molecule has 1 N–H and O–H groups in total. The first-order valence-corrected chi connectivity index (χ1v) is 7.40. The Morgan fingerprint density at radius 2 is 2.14 bits per heavy atom. The fourth-order valence-corrected chi connectivity index (χ4v) is 2.33. The normalized spacial score (nSPS) is 12.6. The molecule has 114 valence electrons. The van der Waals surface area contributed by atoms with Gasteiger partial charge in [-0.05, 0) is 38.0 Å². The lowest BCUT2D eigenvalue weighted by Crippen LogP contribution is -2.16. The van der Waals surface area contributed by atoms with Gasteiger partial charge in [-0.1, -0.05) is 13.3 Å². The van der Waals surface area contributed by atoms with Gasteiger partial charge in [0.2, 0.25) is 0 Å². The number of hydrogen-bond acceptors (Lipinski definition) is 4. The number of aryl methyl sites for hydroxylation is 1. The van der Waals surface area contributed by atoms with Crippen LogP contribution in [0.25, 0.3) is 11.0 Å². The summed E-state index contributed by atoms with van der Waals surface area (Å²) in [5, 5.41) is 10.4. The Morgan fingerprint density at radius 3 is 2.81 bits per heavy atom. The molecule has 0 aliphatic carbocycles. The number of aliphatic hydroxyl groups excluding tert-OH is 1. The third-order valence-electron chi connectivity index (χ3n) is 3.52. The van der Waals surface area contributed by atoms with Gasteiger partial charge in [-0.25, -0.2) is 4.79 Å². The summed E-state index contributed by atoms with van der Waals surface area (Å²) in [5.74, 6) is 0.710. The summed E-state index contributed by atoms with van der Waals surface area (Å²) in [4.78, 5) is 12.0. The van der Waals surface area contributed by atoms with Crippen LogP contribution >= 0.6 is 0 Å². The van der Waals surface area contributed by atoms with E-state index in [4.69, 9.17) is 9.15 Å². The van der Waals surface area contributed by atoms with Gasteiger partial charge < -0.3 is 14.3 Å². The minimum atomic E-state index is -0.569. The highest BCUT2D eigenvalue weighted by atomic mass is 16.5. The molecule has 2 rings (SSSR count). The minimum absolute atomic E-state index is 0.304. The molecule has 0 spiro atoms. The van der Waals surface area contributed by atoms with Gasteiger partial charge in [-0.15, -0.1) is 0 Å². The first-order valence-electron chi connectivity index (χ1n) is 7.40. The van der Waals surface area contributed by atoms with Crippen molar-refractivity contribution in [1.82, 2.24) is 0 Å². The Kier molecular flexibility index (Phi) is 5.02. The van der Waals surface area contributed by atoms with Crippen LogP contribution in [0.2, 0.25) is 0 Å². The van der Waals surface area contributed by atoms with Gasteiger partial charge >= 0.3 is 5.63 Å². The summed E-state index contributed by atoms with van der Waals surface area (Å²) < 4.78 is 11.0. The molecule has 4 heteroatoms. The smallest absolute Gasteiger partial charge is 0.339 e. The number of rotatable bonds is 6. The topological polar surface area (TPSA) is 59.7 Å². The number of hydrogen-bond donors (Lipinski definition) is 1. The highest BCUT2D eigenvalue weighted by Crippen LogP contribution is 2.24. The number of benzene rings is 1. The number of ether oxygens (including phenoxy) is 1. The van der Waals surface area contributed by atoms with E-state index in [1.807, 2.05) is 19.1 Å². The van der Waals surface area contributed by atoms with Gasteiger partial charge in [-0.3, -0.25) is 0 Å². The van der Waals surface area contributed by atoms with Crippen LogP contribution in [0.4, 0.5) is 0 Å². The molecule has 1 atom stereocenters. The van der Waals surface area contributed by atoms with E-state index >= 15 is 0 Å². The molecule has 1 unspecified atom stereocenters. The van der Waals surface area contributed by atoms with Crippen molar-refractivity contribution >= 4 is 11.0 Å². The average Bonchev–Trinajstić information content (AvgIpc) is 2.43. The lowest BCUT2D eigenvalue weighted by atomic mass is 10.0. The molecular formula is C17H22O4. The van der Waals surface area contributed by atoms with Crippen LogP contribution in [0.15, 0.2) is 27.4 Å². The van der Waals surface area contributed by atoms with Crippen LogP contribution in [-0.2, 0) is 6.42 Å². The average molecular weight is 290 g/mol. The van der Waals surface area contributed by atoms with Crippen molar-refractivity contribution in [3.05, 3.63) is 39.7 Å². The molecule has 0 aliphatic heterocycles. The van der Waals surface area contributed by atoms with E-state index in [0.29, 0.717) is 29.9 Å². The zero-order valence-electron chi connectivity index (χ0n) is 12.8. The molecule has 0 saturated carbocycles. The predicted molar refractivity (Wildman–Crippen MR) is 83.0 cm³/mol. The Labute approximate surface area is 124 Å². The molecule has 0 aliphatic rings. The first-order chi connectivity index (χ1) is 10.0. The van der Waals surface area contributed by atoms with E-state index in [1.165, 1.54) is 0 Å². The highest BCUT2D eigenvalue weighted by molar-refractivity contribution is 5.82. The zero-order chi connectivity index (χ0) is 15.4. The molecule has 0 fully saturated rings.